The fourth-order valence-corrected chi connectivity index (χ4v) is 4.79. The van der Waals surface area contributed by atoms with Crippen LogP contribution in [-0.4, -0.2) is 40.7 Å². The van der Waals surface area contributed by atoms with Crippen LogP contribution in [0.4, 0.5) is 9.93 Å². The third-order valence-corrected chi connectivity index (χ3v) is 6.60. The molecule has 1 atom stereocenters. The van der Waals surface area contributed by atoms with E-state index in [4.69, 9.17) is 9.84 Å². The molecule has 3 N–H and O–H groups in total. The standard InChI is InChI=1S/C25H25N3O5S/c1-15(7-6-12-22(29)30)27-23(31)21-13-26-24(34-21)28-25(32)33-14-20-18-10-4-2-8-16(18)17-9-3-5-11-19(17)20/h2-5,8-11,13,15,20H,6-7,12,14H2,1H3,(H,27,31)(H,29,30)(H,26,28,32). The first kappa shape index (κ1) is 23.4. The number of carboxylic acid groups (broad SMARTS) is 1. The van der Waals surface area contributed by atoms with E-state index in [0.717, 1.165) is 33.6 Å². The van der Waals surface area contributed by atoms with Gasteiger partial charge in [-0.15, -0.1) is 0 Å². The number of nitrogens with one attached hydrogen (secondary N) is 2. The molecular formula is C25H25N3O5S. The van der Waals surface area contributed by atoms with E-state index in [1.165, 1.54) is 6.20 Å². The van der Waals surface area contributed by atoms with Gasteiger partial charge in [-0.25, -0.2) is 9.78 Å². The van der Waals surface area contributed by atoms with E-state index >= 15 is 0 Å². The number of nitrogens with zero attached hydrogens (tertiary/aromatic N) is 1. The molecule has 3 aromatic rings. The SMILES string of the molecule is CC(CCCC(=O)O)NC(=O)c1cnc(NC(=O)OCC2c3ccccc3-c3ccccc32)s1. The second-order valence-corrected chi connectivity index (χ2v) is 9.17. The molecule has 1 aliphatic carbocycles. The summed E-state index contributed by atoms with van der Waals surface area (Å²) in [4.78, 5) is 39.8. The highest BCUT2D eigenvalue weighted by atomic mass is 32.1. The molecule has 0 bridgehead atoms. The van der Waals surface area contributed by atoms with Crippen molar-refractivity contribution in [3.63, 3.8) is 0 Å². The Hall–Kier alpha value is -3.72. The van der Waals surface area contributed by atoms with Crippen molar-refractivity contribution in [2.24, 2.45) is 0 Å². The number of thiazole rings is 1. The van der Waals surface area contributed by atoms with Crippen molar-refractivity contribution in [3.8, 4) is 11.1 Å². The Kier molecular flexibility index (Phi) is 7.22. The molecule has 1 heterocycles. The maximum Gasteiger partial charge on any atom is 0.413 e. The van der Waals surface area contributed by atoms with Crippen molar-refractivity contribution >= 4 is 34.4 Å². The predicted molar refractivity (Wildman–Crippen MR) is 129 cm³/mol. The Morgan fingerprint density at radius 1 is 1.09 bits per heavy atom. The van der Waals surface area contributed by atoms with Crippen molar-refractivity contribution in [3.05, 3.63) is 70.7 Å². The Bertz CT molecular complexity index is 1160. The molecular weight excluding hydrogens is 454 g/mol. The number of aromatic nitrogens is 1. The second kappa shape index (κ2) is 10.5. The Morgan fingerprint density at radius 3 is 2.38 bits per heavy atom. The average Bonchev–Trinajstić information content (AvgIpc) is 3.40. The minimum atomic E-state index is -0.857. The monoisotopic (exact) mass is 479 g/mol. The van der Waals surface area contributed by atoms with Crippen molar-refractivity contribution < 1.29 is 24.2 Å². The van der Waals surface area contributed by atoms with E-state index in [2.05, 4.69) is 39.9 Å². The van der Waals surface area contributed by atoms with Gasteiger partial charge in [0, 0.05) is 18.4 Å². The van der Waals surface area contributed by atoms with Crippen molar-refractivity contribution in [2.75, 3.05) is 11.9 Å². The third-order valence-electron chi connectivity index (χ3n) is 5.69. The number of benzene rings is 2. The molecule has 2 amide bonds. The predicted octanol–water partition coefficient (Wildman–Crippen LogP) is 4.88. The molecule has 0 radical (unpaired) electrons. The van der Waals surface area contributed by atoms with Gasteiger partial charge in [-0.2, -0.15) is 0 Å². The van der Waals surface area contributed by atoms with Gasteiger partial charge >= 0.3 is 12.1 Å². The van der Waals surface area contributed by atoms with E-state index in [1.54, 1.807) is 0 Å². The first-order valence-electron chi connectivity index (χ1n) is 11.0. The molecule has 176 valence electrons. The van der Waals surface area contributed by atoms with Gasteiger partial charge in [-0.05, 0) is 42.0 Å². The summed E-state index contributed by atoms with van der Waals surface area (Å²) in [5.41, 5.74) is 4.56. The fourth-order valence-electron chi connectivity index (χ4n) is 4.09. The van der Waals surface area contributed by atoms with Gasteiger partial charge in [0.2, 0.25) is 0 Å². The van der Waals surface area contributed by atoms with Crippen LogP contribution in [0.25, 0.3) is 11.1 Å². The van der Waals surface area contributed by atoms with E-state index in [1.807, 2.05) is 31.2 Å². The maximum absolute atomic E-state index is 12.4. The van der Waals surface area contributed by atoms with Crippen LogP contribution in [-0.2, 0) is 9.53 Å². The van der Waals surface area contributed by atoms with Gasteiger partial charge < -0.3 is 15.2 Å². The van der Waals surface area contributed by atoms with Crippen LogP contribution in [0.3, 0.4) is 0 Å². The molecule has 4 rings (SSSR count). The van der Waals surface area contributed by atoms with E-state index in [0.29, 0.717) is 17.7 Å². The summed E-state index contributed by atoms with van der Waals surface area (Å²) < 4.78 is 5.51. The summed E-state index contributed by atoms with van der Waals surface area (Å²) in [6.45, 7) is 2.00. The summed E-state index contributed by atoms with van der Waals surface area (Å²) in [6.07, 6.45) is 1.86. The summed E-state index contributed by atoms with van der Waals surface area (Å²) in [5, 5.41) is 14.4. The lowest BCUT2D eigenvalue weighted by atomic mass is 9.98. The summed E-state index contributed by atoms with van der Waals surface area (Å²) in [7, 11) is 0. The third kappa shape index (κ3) is 5.43. The Labute approximate surface area is 201 Å². The van der Waals surface area contributed by atoms with Crippen LogP contribution in [0.1, 0.15) is 52.9 Å². The molecule has 8 nitrogen and oxygen atoms in total. The molecule has 34 heavy (non-hydrogen) atoms. The van der Waals surface area contributed by atoms with Crippen molar-refractivity contribution in [2.45, 2.75) is 38.1 Å². The lowest BCUT2D eigenvalue weighted by Crippen LogP contribution is -2.32. The maximum atomic E-state index is 12.4. The largest absolute Gasteiger partial charge is 0.481 e. The zero-order chi connectivity index (χ0) is 24.1. The lowest BCUT2D eigenvalue weighted by Gasteiger charge is -2.14. The Morgan fingerprint density at radius 2 is 1.74 bits per heavy atom. The highest BCUT2D eigenvalue weighted by molar-refractivity contribution is 7.17. The van der Waals surface area contributed by atoms with E-state index in [-0.39, 0.29) is 36.0 Å². The minimum absolute atomic E-state index is 0.0431. The molecule has 0 aliphatic heterocycles. The number of hydrogen-bond acceptors (Lipinski definition) is 6. The van der Waals surface area contributed by atoms with Gasteiger partial charge in [0.05, 0.1) is 6.20 Å². The molecule has 1 aliphatic rings. The van der Waals surface area contributed by atoms with E-state index < -0.39 is 12.1 Å². The van der Waals surface area contributed by atoms with Gasteiger partial charge in [-0.1, -0.05) is 59.9 Å². The van der Waals surface area contributed by atoms with Crippen LogP contribution < -0.4 is 10.6 Å². The molecule has 0 fully saturated rings. The van der Waals surface area contributed by atoms with Crippen LogP contribution in [0, 0.1) is 0 Å². The number of amides is 2. The number of rotatable bonds is 9. The highest BCUT2D eigenvalue weighted by Crippen LogP contribution is 2.44. The van der Waals surface area contributed by atoms with Gasteiger partial charge in [0.15, 0.2) is 5.13 Å². The first-order chi connectivity index (χ1) is 16.4. The molecule has 9 heteroatoms. The van der Waals surface area contributed by atoms with Crippen molar-refractivity contribution in [1.29, 1.82) is 0 Å². The minimum Gasteiger partial charge on any atom is -0.481 e. The normalized spacial score (nSPS) is 13.0. The summed E-state index contributed by atoms with van der Waals surface area (Å²) >= 11 is 1.05. The van der Waals surface area contributed by atoms with E-state index in [9.17, 15) is 14.4 Å². The number of anilines is 1. The number of fused-ring (bicyclic) bond motifs is 3. The molecule has 0 spiro atoms. The molecule has 1 aromatic heterocycles. The topological polar surface area (TPSA) is 118 Å². The number of carbonyl (C=O) groups excluding carboxylic acids is 2. The number of aliphatic carboxylic acids is 1. The molecule has 0 saturated carbocycles. The quantitative estimate of drug-likeness (QED) is 0.403. The molecule has 1 unspecified atom stereocenters. The number of carboxylic acids is 1. The molecule has 2 aromatic carbocycles. The van der Waals surface area contributed by atoms with Crippen LogP contribution in [0.5, 0.6) is 0 Å². The first-order valence-corrected chi connectivity index (χ1v) is 11.8. The lowest BCUT2D eigenvalue weighted by molar-refractivity contribution is -0.137. The van der Waals surface area contributed by atoms with Gasteiger partial charge in [-0.3, -0.25) is 14.9 Å². The van der Waals surface area contributed by atoms with Crippen LogP contribution in [0.2, 0.25) is 0 Å². The fraction of sp³-hybridized carbons (Fsp3) is 0.280. The average molecular weight is 480 g/mol. The highest BCUT2D eigenvalue weighted by Gasteiger charge is 2.29. The van der Waals surface area contributed by atoms with Crippen LogP contribution in [0.15, 0.2) is 54.7 Å². The zero-order valence-electron chi connectivity index (χ0n) is 18.6. The zero-order valence-corrected chi connectivity index (χ0v) is 19.4. The van der Waals surface area contributed by atoms with Crippen molar-refractivity contribution in [1.82, 2.24) is 10.3 Å². The van der Waals surface area contributed by atoms with Crippen LogP contribution >= 0.6 is 11.3 Å². The summed E-state index contributed by atoms with van der Waals surface area (Å²) in [5.74, 6) is -1.22. The number of hydrogen-bond donors (Lipinski definition) is 3. The van der Waals surface area contributed by atoms with Gasteiger partial charge in [0.25, 0.3) is 5.91 Å². The number of ether oxygens (including phenoxy) is 1. The second-order valence-electron chi connectivity index (χ2n) is 8.14. The van der Waals surface area contributed by atoms with Gasteiger partial charge in [0.1, 0.15) is 11.5 Å². The summed E-state index contributed by atoms with van der Waals surface area (Å²) in [6, 6.07) is 16.0. The number of carbonyl (C=O) groups is 3. The smallest absolute Gasteiger partial charge is 0.413 e. The Balaban J connectivity index is 1.30. The molecule has 0 saturated heterocycles.